The molecule has 1 N–H and O–H groups in total. The number of rotatable bonds is 3. The van der Waals surface area contributed by atoms with Crippen molar-refractivity contribution < 1.29 is 4.79 Å². The van der Waals surface area contributed by atoms with Gasteiger partial charge < -0.3 is 10.2 Å². The molecule has 1 aliphatic heterocycles. The first-order valence-electron chi connectivity index (χ1n) is 8.07. The largest absolute Gasteiger partial charge is 0.366 e. The minimum Gasteiger partial charge on any atom is -0.366 e. The number of likely N-dealkylation sites (tertiary alicyclic amines) is 1. The van der Waals surface area contributed by atoms with Crippen molar-refractivity contribution in [3.05, 3.63) is 18.1 Å². The summed E-state index contributed by atoms with van der Waals surface area (Å²) in [7, 11) is 0. The van der Waals surface area contributed by atoms with Crippen molar-refractivity contribution in [1.29, 1.82) is 0 Å². The Morgan fingerprint density at radius 2 is 1.95 bits per heavy atom. The Bertz CT molecular complexity index is 499. The van der Waals surface area contributed by atoms with Crippen molar-refractivity contribution in [3.8, 4) is 0 Å². The molecule has 0 aromatic carbocycles. The summed E-state index contributed by atoms with van der Waals surface area (Å²) in [6, 6.07) is 0.535. The van der Waals surface area contributed by atoms with Gasteiger partial charge in [0, 0.05) is 44.4 Å². The fourth-order valence-corrected chi connectivity index (χ4v) is 3.51. The molecule has 3 rings (SSSR count). The summed E-state index contributed by atoms with van der Waals surface area (Å²) in [6.07, 6.45) is 10.7. The van der Waals surface area contributed by atoms with Crippen LogP contribution in [0.2, 0.25) is 0 Å². The van der Waals surface area contributed by atoms with Crippen LogP contribution >= 0.6 is 0 Å². The highest BCUT2D eigenvalue weighted by molar-refractivity contribution is 5.73. The number of nitrogens with zero attached hydrogens (tertiary/aromatic N) is 3. The van der Waals surface area contributed by atoms with Crippen LogP contribution < -0.4 is 5.32 Å². The average molecular weight is 288 g/mol. The Labute approximate surface area is 126 Å². The average Bonchev–Trinajstić information content (AvgIpc) is 3.01. The maximum absolute atomic E-state index is 11.6. The maximum Gasteiger partial charge on any atom is 0.219 e. The van der Waals surface area contributed by atoms with Gasteiger partial charge in [0.2, 0.25) is 5.91 Å². The fourth-order valence-electron chi connectivity index (χ4n) is 3.51. The lowest BCUT2D eigenvalue weighted by Crippen LogP contribution is -2.38. The number of carbonyl (C=O) groups excluding carboxylic acids is 1. The van der Waals surface area contributed by atoms with E-state index in [9.17, 15) is 4.79 Å². The van der Waals surface area contributed by atoms with Gasteiger partial charge in [0.25, 0.3) is 0 Å². The Morgan fingerprint density at radius 3 is 2.71 bits per heavy atom. The first kappa shape index (κ1) is 14.3. The van der Waals surface area contributed by atoms with Crippen LogP contribution in [0.25, 0.3) is 0 Å². The van der Waals surface area contributed by atoms with Crippen LogP contribution in [0.15, 0.2) is 12.4 Å². The summed E-state index contributed by atoms with van der Waals surface area (Å²) < 4.78 is 0. The maximum atomic E-state index is 11.6. The third kappa shape index (κ3) is 3.34. The third-order valence-electron chi connectivity index (χ3n) is 4.68. The number of nitrogens with one attached hydrogen (secondary N) is 1. The first-order chi connectivity index (χ1) is 10.2. The van der Waals surface area contributed by atoms with E-state index in [1.54, 1.807) is 19.3 Å². The number of hydrogen-bond donors (Lipinski definition) is 1. The van der Waals surface area contributed by atoms with Gasteiger partial charge in [-0.15, -0.1) is 0 Å². The van der Waals surface area contributed by atoms with Crippen LogP contribution in [0.4, 0.5) is 5.82 Å². The van der Waals surface area contributed by atoms with E-state index in [1.807, 2.05) is 4.90 Å². The van der Waals surface area contributed by atoms with E-state index in [2.05, 4.69) is 15.3 Å². The van der Waals surface area contributed by atoms with Crippen molar-refractivity contribution >= 4 is 11.7 Å². The predicted molar refractivity (Wildman–Crippen MR) is 82.1 cm³/mol. The van der Waals surface area contributed by atoms with E-state index < -0.39 is 0 Å². The molecule has 21 heavy (non-hydrogen) atoms. The first-order valence-corrected chi connectivity index (χ1v) is 8.07. The van der Waals surface area contributed by atoms with Crippen molar-refractivity contribution in [2.75, 3.05) is 18.4 Å². The minimum atomic E-state index is 0.161. The molecule has 1 amide bonds. The number of amides is 1. The van der Waals surface area contributed by atoms with Crippen LogP contribution in [-0.4, -0.2) is 39.9 Å². The molecular weight excluding hydrogens is 264 g/mol. The van der Waals surface area contributed by atoms with Gasteiger partial charge in [0.15, 0.2) is 0 Å². The highest BCUT2D eigenvalue weighted by Crippen LogP contribution is 2.31. The fraction of sp³-hybridized carbons (Fsp3) is 0.688. The molecule has 0 radical (unpaired) electrons. The van der Waals surface area contributed by atoms with E-state index in [-0.39, 0.29) is 5.91 Å². The van der Waals surface area contributed by atoms with Crippen molar-refractivity contribution in [1.82, 2.24) is 14.9 Å². The summed E-state index contributed by atoms with van der Waals surface area (Å²) in [5, 5.41) is 3.57. The van der Waals surface area contributed by atoms with E-state index >= 15 is 0 Å². The molecule has 5 heteroatoms. The highest BCUT2D eigenvalue weighted by Gasteiger charge is 2.27. The van der Waals surface area contributed by atoms with Gasteiger partial charge in [-0.3, -0.25) is 9.78 Å². The molecule has 1 atom stereocenters. The molecule has 2 fully saturated rings. The Morgan fingerprint density at radius 1 is 1.19 bits per heavy atom. The summed E-state index contributed by atoms with van der Waals surface area (Å²) >= 11 is 0. The van der Waals surface area contributed by atoms with Crippen LogP contribution in [0.1, 0.15) is 57.1 Å². The van der Waals surface area contributed by atoms with Crippen molar-refractivity contribution in [2.45, 2.75) is 57.4 Å². The van der Waals surface area contributed by atoms with Gasteiger partial charge in [-0.1, -0.05) is 12.8 Å². The number of piperidine rings is 1. The van der Waals surface area contributed by atoms with Gasteiger partial charge in [-0.2, -0.15) is 0 Å². The molecular formula is C16H24N4O. The number of hydrogen-bond acceptors (Lipinski definition) is 4. The summed E-state index contributed by atoms with van der Waals surface area (Å²) in [4.78, 5) is 22.6. The van der Waals surface area contributed by atoms with E-state index in [0.29, 0.717) is 12.0 Å². The minimum absolute atomic E-state index is 0.161. The molecule has 1 aromatic heterocycles. The molecule has 5 nitrogen and oxygen atoms in total. The quantitative estimate of drug-likeness (QED) is 0.928. The van der Waals surface area contributed by atoms with E-state index in [0.717, 1.165) is 37.4 Å². The van der Waals surface area contributed by atoms with Crippen LogP contribution in [0.5, 0.6) is 0 Å². The van der Waals surface area contributed by atoms with Gasteiger partial charge >= 0.3 is 0 Å². The second-order valence-electron chi connectivity index (χ2n) is 6.22. The zero-order valence-corrected chi connectivity index (χ0v) is 12.7. The Kier molecular flexibility index (Phi) is 4.36. The molecule has 0 unspecified atom stereocenters. The smallest absolute Gasteiger partial charge is 0.219 e. The molecule has 1 saturated carbocycles. The van der Waals surface area contributed by atoms with Crippen LogP contribution in [0.3, 0.4) is 0 Å². The Hall–Kier alpha value is -1.65. The molecule has 1 aromatic rings. The lowest BCUT2D eigenvalue weighted by molar-refractivity contribution is -0.130. The lowest BCUT2D eigenvalue weighted by atomic mass is 9.94. The zero-order valence-electron chi connectivity index (χ0n) is 12.7. The highest BCUT2D eigenvalue weighted by atomic mass is 16.2. The summed E-state index contributed by atoms with van der Waals surface area (Å²) in [6.45, 7) is 3.29. The lowest BCUT2D eigenvalue weighted by Gasteiger charge is -2.32. The van der Waals surface area contributed by atoms with Crippen molar-refractivity contribution in [3.63, 3.8) is 0 Å². The molecule has 2 aliphatic rings. The standard InChI is InChI=1S/C16H24N4O/c1-12(21)20-10-4-5-13(11-20)15-16(18-9-8-17-15)19-14-6-2-3-7-14/h8-9,13-14H,2-7,10-11H2,1H3,(H,18,19)/t13-/m0/s1. The second-order valence-corrected chi connectivity index (χ2v) is 6.22. The predicted octanol–water partition coefficient (Wildman–Crippen LogP) is 2.56. The molecule has 0 spiro atoms. The van der Waals surface area contributed by atoms with E-state index in [1.165, 1.54) is 25.7 Å². The van der Waals surface area contributed by atoms with Gasteiger partial charge in [-0.05, 0) is 25.7 Å². The molecule has 1 saturated heterocycles. The Balaban J connectivity index is 1.75. The second kappa shape index (κ2) is 6.41. The molecule has 0 bridgehead atoms. The van der Waals surface area contributed by atoms with Crippen molar-refractivity contribution in [2.24, 2.45) is 0 Å². The number of aromatic nitrogens is 2. The summed E-state index contributed by atoms with van der Waals surface area (Å²) in [5.74, 6) is 1.40. The molecule has 2 heterocycles. The summed E-state index contributed by atoms with van der Waals surface area (Å²) in [5.41, 5.74) is 1.04. The van der Waals surface area contributed by atoms with Crippen LogP contribution in [-0.2, 0) is 4.79 Å². The van der Waals surface area contributed by atoms with Crippen LogP contribution in [0, 0.1) is 0 Å². The third-order valence-corrected chi connectivity index (χ3v) is 4.68. The zero-order chi connectivity index (χ0) is 14.7. The normalized spacial score (nSPS) is 23.3. The monoisotopic (exact) mass is 288 g/mol. The number of carbonyl (C=O) groups is 1. The van der Waals surface area contributed by atoms with E-state index in [4.69, 9.17) is 0 Å². The molecule has 114 valence electrons. The molecule has 1 aliphatic carbocycles. The topological polar surface area (TPSA) is 58.1 Å². The van der Waals surface area contributed by atoms with Gasteiger partial charge in [-0.25, -0.2) is 4.98 Å². The van der Waals surface area contributed by atoms with Gasteiger partial charge in [0.1, 0.15) is 5.82 Å². The SMILES string of the molecule is CC(=O)N1CCC[C@H](c2nccnc2NC2CCCC2)C1. The number of anilines is 1. The van der Waals surface area contributed by atoms with Gasteiger partial charge in [0.05, 0.1) is 5.69 Å².